The number of hydrogen-bond donors (Lipinski definition) is 0. The zero-order valence-electron chi connectivity index (χ0n) is 8.75. The van der Waals surface area contributed by atoms with Gasteiger partial charge in [-0.15, -0.1) is 0 Å². The molecule has 0 radical (unpaired) electrons. The summed E-state index contributed by atoms with van der Waals surface area (Å²) in [5, 5.41) is 0. The summed E-state index contributed by atoms with van der Waals surface area (Å²) < 4.78 is 5.43. The van der Waals surface area contributed by atoms with E-state index in [-0.39, 0.29) is 5.78 Å². The molecule has 4 heteroatoms. The lowest BCUT2D eigenvalue weighted by molar-refractivity contribution is 0.101. The second-order valence-electron chi connectivity index (χ2n) is 3.23. The number of aromatic nitrogens is 2. The first-order chi connectivity index (χ1) is 7.75. The van der Waals surface area contributed by atoms with Gasteiger partial charge in [0.1, 0.15) is 5.75 Å². The second-order valence-corrected chi connectivity index (χ2v) is 3.23. The van der Waals surface area contributed by atoms with Crippen LogP contribution in [0, 0.1) is 0 Å². The van der Waals surface area contributed by atoms with Crippen LogP contribution in [0.25, 0.3) is 0 Å². The summed E-state index contributed by atoms with van der Waals surface area (Å²) in [6.45, 7) is 1.50. The Hall–Kier alpha value is -2.23. The van der Waals surface area contributed by atoms with Crippen LogP contribution in [0.2, 0.25) is 0 Å². The highest BCUT2D eigenvalue weighted by Crippen LogP contribution is 2.17. The molecule has 0 spiro atoms. The zero-order chi connectivity index (χ0) is 11.4. The molecule has 16 heavy (non-hydrogen) atoms. The van der Waals surface area contributed by atoms with Gasteiger partial charge < -0.3 is 4.74 Å². The summed E-state index contributed by atoms with van der Waals surface area (Å²) in [6, 6.07) is 6.90. The number of nitrogens with zero attached hydrogens (tertiary/aromatic N) is 2. The van der Waals surface area contributed by atoms with Crippen molar-refractivity contribution in [3.63, 3.8) is 0 Å². The van der Waals surface area contributed by atoms with Crippen LogP contribution in [-0.2, 0) is 0 Å². The molecule has 0 aliphatic rings. The fourth-order valence-electron chi connectivity index (χ4n) is 1.18. The van der Waals surface area contributed by atoms with E-state index in [4.69, 9.17) is 4.74 Å². The average Bonchev–Trinajstić information content (AvgIpc) is 2.31. The first-order valence-electron chi connectivity index (χ1n) is 4.80. The molecular formula is C12H10N2O2. The van der Waals surface area contributed by atoms with Gasteiger partial charge in [-0.05, 0) is 25.1 Å². The molecule has 0 fully saturated rings. The van der Waals surface area contributed by atoms with Crippen molar-refractivity contribution in [2.75, 3.05) is 0 Å². The van der Waals surface area contributed by atoms with Gasteiger partial charge in [0.05, 0.1) is 6.20 Å². The maximum Gasteiger partial charge on any atom is 0.219 e. The van der Waals surface area contributed by atoms with E-state index in [0.717, 1.165) is 0 Å². The number of carbonyl (C=O) groups excluding carboxylic acids is 1. The summed E-state index contributed by atoms with van der Waals surface area (Å²) >= 11 is 0. The Bertz CT molecular complexity index is 480. The molecule has 2 aromatic heterocycles. The van der Waals surface area contributed by atoms with Crippen molar-refractivity contribution in [3.8, 4) is 11.6 Å². The monoisotopic (exact) mass is 214 g/mol. The normalized spacial score (nSPS) is 9.81. The number of carbonyl (C=O) groups is 1. The minimum Gasteiger partial charge on any atom is -0.437 e. The fraction of sp³-hybridized carbons (Fsp3) is 0.0833. The van der Waals surface area contributed by atoms with Gasteiger partial charge in [0.15, 0.2) is 5.78 Å². The molecule has 4 nitrogen and oxygen atoms in total. The molecule has 0 saturated heterocycles. The summed E-state index contributed by atoms with van der Waals surface area (Å²) in [5.41, 5.74) is 0.568. The third kappa shape index (κ3) is 2.42. The van der Waals surface area contributed by atoms with Gasteiger partial charge in [0.2, 0.25) is 5.88 Å². The van der Waals surface area contributed by atoms with Crippen LogP contribution >= 0.6 is 0 Å². The van der Waals surface area contributed by atoms with E-state index in [1.807, 2.05) is 0 Å². The van der Waals surface area contributed by atoms with Gasteiger partial charge in [-0.2, -0.15) is 0 Å². The molecule has 2 rings (SSSR count). The standard InChI is InChI=1S/C12H10N2O2/c1-9(15)10-4-5-12(14-7-10)16-11-3-2-6-13-8-11/h2-8H,1H3. The SMILES string of the molecule is CC(=O)c1ccc(Oc2cccnc2)nc1. The molecule has 0 atom stereocenters. The van der Waals surface area contributed by atoms with Gasteiger partial charge in [-0.1, -0.05) is 0 Å². The number of ether oxygens (including phenoxy) is 1. The van der Waals surface area contributed by atoms with Crippen molar-refractivity contribution in [1.29, 1.82) is 0 Å². The quantitative estimate of drug-likeness (QED) is 0.736. The molecule has 2 aromatic rings. The molecule has 0 saturated carbocycles. The van der Waals surface area contributed by atoms with E-state index in [1.54, 1.807) is 36.7 Å². The van der Waals surface area contributed by atoms with Crippen molar-refractivity contribution in [3.05, 3.63) is 48.4 Å². The average molecular weight is 214 g/mol. The molecule has 2 heterocycles. The summed E-state index contributed by atoms with van der Waals surface area (Å²) in [6.07, 6.45) is 4.76. The van der Waals surface area contributed by atoms with E-state index in [1.165, 1.54) is 13.1 Å². The molecule has 80 valence electrons. The molecule has 0 aliphatic carbocycles. The molecule has 0 unspecified atom stereocenters. The van der Waals surface area contributed by atoms with Crippen LogP contribution in [0.15, 0.2) is 42.9 Å². The predicted octanol–water partition coefficient (Wildman–Crippen LogP) is 2.47. The smallest absolute Gasteiger partial charge is 0.219 e. The van der Waals surface area contributed by atoms with Crippen LogP contribution in [0.1, 0.15) is 17.3 Å². The highest BCUT2D eigenvalue weighted by Gasteiger charge is 2.01. The Morgan fingerprint density at radius 2 is 2.12 bits per heavy atom. The maximum atomic E-state index is 11.0. The molecule has 0 bridgehead atoms. The Kier molecular flexibility index (Phi) is 2.91. The van der Waals surface area contributed by atoms with E-state index >= 15 is 0 Å². The van der Waals surface area contributed by atoms with Gasteiger partial charge in [-0.3, -0.25) is 9.78 Å². The van der Waals surface area contributed by atoms with Crippen molar-refractivity contribution in [1.82, 2.24) is 9.97 Å². The van der Waals surface area contributed by atoms with E-state index in [2.05, 4.69) is 9.97 Å². The number of ketones is 1. The van der Waals surface area contributed by atoms with Gasteiger partial charge in [0.25, 0.3) is 0 Å². The van der Waals surface area contributed by atoms with E-state index < -0.39 is 0 Å². The predicted molar refractivity (Wildman–Crippen MR) is 58.6 cm³/mol. The van der Waals surface area contributed by atoms with Crippen molar-refractivity contribution < 1.29 is 9.53 Å². The van der Waals surface area contributed by atoms with E-state index in [0.29, 0.717) is 17.2 Å². The molecule has 0 N–H and O–H groups in total. The summed E-state index contributed by atoms with van der Waals surface area (Å²) in [7, 11) is 0. The number of Topliss-reactive ketones (excluding diaryl/α,β-unsaturated/α-hetero) is 1. The first kappa shape index (κ1) is 10.3. The Balaban J connectivity index is 2.14. The maximum absolute atomic E-state index is 11.0. The van der Waals surface area contributed by atoms with Gasteiger partial charge in [0, 0.05) is 24.0 Å². The Labute approximate surface area is 92.9 Å². The van der Waals surface area contributed by atoms with Gasteiger partial charge in [-0.25, -0.2) is 4.98 Å². The number of hydrogen-bond acceptors (Lipinski definition) is 4. The van der Waals surface area contributed by atoms with Crippen molar-refractivity contribution in [2.45, 2.75) is 6.92 Å². The van der Waals surface area contributed by atoms with Crippen LogP contribution in [0.4, 0.5) is 0 Å². The Morgan fingerprint density at radius 1 is 1.25 bits per heavy atom. The lowest BCUT2D eigenvalue weighted by Gasteiger charge is -2.03. The fourth-order valence-corrected chi connectivity index (χ4v) is 1.18. The second kappa shape index (κ2) is 4.53. The minimum absolute atomic E-state index is 0.0135. The Morgan fingerprint density at radius 3 is 2.69 bits per heavy atom. The lowest BCUT2D eigenvalue weighted by Crippen LogP contribution is -1.94. The van der Waals surface area contributed by atoms with Gasteiger partial charge >= 0.3 is 0 Å². The van der Waals surface area contributed by atoms with Crippen LogP contribution in [0.5, 0.6) is 11.6 Å². The highest BCUT2D eigenvalue weighted by atomic mass is 16.5. The van der Waals surface area contributed by atoms with E-state index in [9.17, 15) is 4.79 Å². The molecule has 0 aliphatic heterocycles. The third-order valence-corrected chi connectivity index (χ3v) is 2.00. The van der Waals surface area contributed by atoms with Crippen LogP contribution in [0.3, 0.4) is 0 Å². The molecule has 0 amide bonds. The largest absolute Gasteiger partial charge is 0.437 e. The highest BCUT2D eigenvalue weighted by molar-refractivity contribution is 5.93. The zero-order valence-corrected chi connectivity index (χ0v) is 8.75. The van der Waals surface area contributed by atoms with Crippen LogP contribution in [-0.4, -0.2) is 15.8 Å². The summed E-state index contributed by atoms with van der Waals surface area (Å²) in [5.74, 6) is 1.05. The third-order valence-electron chi connectivity index (χ3n) is 2.00. The van der Waals surface area contributed by atoms with Crippen molar-refractivity contribution in [2.24, 2.45) is 0 Å². The molecule has 0 aromatic carbocycles. The lowest BCUT2D eigenvalue weighted by atomic mass is 10.2. The summed E-state index contributed by atoms with van der Waals surface area (Å²) in [4.78, 5) is 19.0. The number of pyridine rings is 2. The molecular weight excluding hydrogens is 204 g/mol. The van der Waals surface area contributed by atoms with Crippen LogP contribution < -0.4 is 4.74 Å². The van der Waals surface area contributed by atoms with Crippen molar-refractivity contribution >= 4 is 5.78 Å². The topological polar surface area (TPSA) is 52.1 Å². The minimum atomic E-state index is -0.0135. The first-order valence-corrected chi connectivity index (χ1v) is 4.80. The number of rotatable bonds is 3.